The average Bonchev–Trinajstić information content (AvgIpc) is 2.90. The maximum absolute atomic E-state index is 12.5. The molecule has 0 unspecified atom stereocenters. The molecule has 2 N–H and O–H groups in total. The van der Waals surface area contributed by atoms with Crippen LogP contribution in [0.2, 0.25) is 0 Å². The normalized spacial score (nSPS) is 11.6. The number of sulfonamides is 1. The van der Waals surface area contributed by atoms with Gasteiger partial charge in [0.15, 0.2) is 0 Å². The molecule has 0 aliphatic rings. The summed E-state index contributed by atoms with van der Waals surface area (Å²) in [6.07, 6.45) is 2.32. The largest absolute Gasteiger partial charge is 0.388 e. The van der Waals surface area contributed by atoms with Crippen LogP contribution in [0.25, 0.3) is 0 Å². The number of nitrogens with one attached hydrogen (secondary N) is 2. The van der Waals surface area contributed by atoms with Crippen molar-refractivity contribution in [2.24, 2.45) is 0 Å². The van der Waals surface area contributed by atoms with E-state index >= 15 is 0 Å². The minimum Gasteiger partial charge on any atom is -0.388 e. The first-order chi connectivity index (χ1) is 9.94. The molecule has 2 aromatic rings. The maximum atomic E-state index is 12.5. The number of thiazole rings is 1. The van der Waals surface area contributed by atoms with Gasteiger partial charge in [-0.3, -0.25) is 0 Å². The van der Waals surface area contributed by atoms with Gasteiger partial charge in [0.1, 0.15) is 0 Å². The van der Waals surface area contributed by atoms with Gasteiger partial charge in [0.2, 0.25) is 10.0 Å². The van der Waals surface area contributed by atoms with Gasteiger partial charge in [-0.1, -0.05) is 0 Å². The Kier molecular flexibility index (Phi) is 4.97. The van der Waals surface area contributed by atoms with Gasteiger partial charge < -0.3 is 5.32 Å². The van der Waals surface area contributed by atoms with Crippen LogP contribution in [0.15, 0.2) is 28.6 Å². The third kappa shape index (κ3) is 3.81. The highest BCUT2D eigenvalue weighted by Gasteiger charge is 2.19. The quantitative estimate of drug-likeness (QED) is 0.855. The summed E-state index contributed by atoms with van der Waals surface area (Å²) in [5, 5.41) is 5.84. The molecular formula is C14H19N3O2S2. The summed E-state index contributed by atoms with van der Waals surface area (Å²) < 4.78 is 27.6. The maximum Gasteiger partial charge on any atom is 0.241 e. The Morgan fingerprint density at radius 1 is 1.24 bits per heavy atom. The van der Waals surface area contributed by atoms with E-state index in [9.17, 15) is 8.42 Å². The Bertz CT molecular complexity index is 687. The number of benzene rings is 1. The van der Waals surface area contributed by atoms with E-state index in [2.05, 4.69) is 15.0 Å². The number of hydrogen-bond acceptors (Lipinski definition) is 5. The molecule has 0 spiro atoms. The number of aromatic nitrogens is 1. The van der Waals surface area contributed by atoms with E-state index in [0.717, 1.165) is 21.8 Å². The molecule has 0 aliphatic heterocycles. The summed E-state index contributed by atoms with van der Waals surface area (Å²) in [5.41, 5.74) is 2.38. The van der Waals surface area contributed by atoms with Gasteiger partial charge in [-0.25, -0.2) is 18.1 Å². The fourth-order valence-electron chi connectivity index (χ4n) is 2.26. The third-order valence-electron chi connectivity index (χ3n) is 3.13. The monoisotopic (exact) mass is 325 g/mol. The molecule has 1 aromatic carbocycles. The molecule has 5 nitrogen and oxygen atoms in total. The predicted molar refractivity (Wildman–Crippen MR) is 86.5 cm³/mol. The lowest BCUT2D eigenvalue weighted by Gasteiger charge is -2.13. The summed E-state index contributed by atoms with van der Waals surface area (Å²) in [5.74, 6) is 0. The SMILES string of the molecule is CNc1cc(C)c(S(=O)(=O)NCCc2nccs2)c(C)c1. The highest BCUT2D eigenvalue weighted by Crippen LogP contribution is 2.24. The number of anilines is 1. The zero-order chi connectivity index (χ0) is 15.5. The van der Waals surface area contributed by atoms with Crippen molar-refractivity contribution in [3.05, 3.63) is 39.8 Å². The van der Waals surface area contributed by atoms with Crippen LogP contribution in [0.5, 0.6) is 0 Å². The molecule has 114 valence electrons. The van der Waals surface area contributed by atoms with Gasteiger partial charge in [-0.2, -0.15) is 0 Å². The van der Waals surface area contributed by atoms with Gasteiger partial charge in [-0.05, 0) is 37.1 Å². The second-order valence-electron chi connectivity index (χ2n) is 4.76. The summed E-state index contributed by atoms with van der Waals surface area (Å²) in [7, 11) is -1.69. The first-order valence-electron chi connectivity index (χ1n) is 6.61. The first-order valence-corrected chi connectivity index (χ1v) is 8.97. The number of aryl methyl sites for hydroxylation is 2. The van der Waals surface area contributed by atoms with Crippen molar-refractivity contribution >= 4 is 27.0 Å². The Balaban J connectivity index is 2.15. The lowest BCUT2D eigenvalue weighted by Crippen LogP contribution is -2.27. The predicted octanol–water partition coefficient (Wildman–Crippen LogP) is 2.32. The molecule has 0 fully saturated rings. The van der Waals surface area contributed by atoms with Crippen LogP contribution in [0.1, 0.15) is 16.1 Å². The van der Waals surface area contributed by atoms with E-state index in [0.29, 0.717) is 17.9 Å². The molecule has 0 radical (unpaired) electrons. The molecule has 1 aromatic heterocycles. The molecule has 0 saturated carbocycles. The lowest BCUT2D eigenvalue weighted by atomic mass is 10.1. The Hall–Kier alpha value is -1.44. The minimum atomic E-state index is -3.50. The van der Waals surface area contributed by atoms with Gasteiger partial charge in [-0.15, -0.1) is 11.3 Å². The average molecular weight is 325 g/mol. The van der Waals surface area contributed by atoms with Gasteiger partial charge in [0.25, 0.3) is 0 Å². The van der Waals surface area contributed by atoms with Crippen molar-refractivity contribution in [2.75, 3.05) is 18.9 Å². The summed E-state index contributed by atoms with van der Waals surface area (Å²) in [4.78, 5) is 4.50. The lowest BCUT2D eigenvalue weighted by molar-refractivity contribution is 0.580. The van der Waals surface area contributed by atoms with Crippen LogP contribution >= 0.6 is 11.3 Å². The summed E-state index contributed by atoms with van der Waals surface area (Å²) >= 11 is 1.53. The first kappa shape index (κ1) is 15.9. The van der Waals surface area contributed by atoms with Crippen LogP contribution in [-0.4, -0.2) is 27.0 Å². The molecule has 2 rings (SSSR count). The van der Waals surface area contributed by atoms with Crippen molar-refractivity contribution in [3.63, 3.8) is 0 Å². The zero-order valence-electron chi connectivity index (χ0n) is 12.3. The highest BCUT2D eigenvalue weighted by molar-refractivity contribution is 7.89. The molecule has 0 saturated heterocycles. The fourth-order valence-corrected chi connectivity index (χ4v) is 4.36. The molecule has 0 amide bonds. The van der Waals surface area contributed by atoms with Crippen molar-refractivity contribution in [3.8, 4) is 0 Å². The van der Waals surface area contributed by atoms with Crippen LogP contribution in [0.4, 0.5) is 5.69 Å². The smallest absolute Gasteiger partial charge is 0.241 e. The van der Waals surface area contributed by atoms with Gasteiger partial charge >= 0.3 is 0 Å². The zero-order valence-corrected chi connectivity index (χ0v) is 13.9. The fraction of sp³-hybridized carbons (Fsp3) is 0.357. The van der Waals surface area contributed by atoms with Crippen molar-refractivity contribution in [1.82, 2.24) is 9.71 Å². The Labute approximate surface area is 129 Å². The molecule has 0 bridgehead atoms. The van der Waals surface area contributed by atoms with E-state index in [1.807, 2.05) is 38.4 Å². The van der Waals surface area contributed by atoms with Crippen LogP contribution in [0.3, 0.4) is 0 Å². The van der Waals surface area contributed by atoms with E-state index < -0.39 is 10.0 Å². The van der Waals surface area contributed by atoms with Gasteiger partial charge in [0, 0.05) is 37.3 Å². The second-order valence-corrected chi connectivity index (χ2v) is 7.45. The van der Waals surface area contributed by atoms with E-state index in [-0.39, 0.29) is 0 Å². The second kappa shape index (κ2) is 6.55. The number of hydrogen-bond donors (Lipinski definition) is 2. The number of nitrogens with zero attached hydrogens (tertiary/aromatic N) is 1. The minimum absolute atomic E-state index is 0.350. The van der Waals surface area contributed by atoms with Crippen molar-refractivity contribution in [2.45, 2.75) is 25.2 Å². The Morgan fingerprint density at radius 3 is 2.43 bits per heavy atom. The molecule has 0 atom stereocenters. The molecule has 21 heavy (non-hydrogen) atoms. The standard InChI is InChI=1S/C14H19N3O2S2/c1-10-8-12(15-3)9-11(2)14(10)21(18,19)17-5-4-13-16-6-7-20-13/h6-9,15,17H,4-5H2,1-3H3. The van der Waals surface area contributed by atoms with E-state index in [4.69, 9.17) is 0 Å². The molecule has 0 aliphatic carbocycles. The van der Waals surface area contributed by atoms with Crippen LogP contribution < -0.4 is 10.0 Å². The summed E-state index contributed by atoms with van der Waals surface area (Å²) in [6.45, 7) is 3.97. The third-order valence-corrected chi connectivity index (χ3v) is 5.74. The highest BCUT2D eigenvalue weighted by atomic mass is 32.2. The van der Waals surface area contributed by atoms with Gasteiger partial charge in [0.05, 0.1) is 9.90 Å². The summed E-state index contributed by atoms with van der Waals surface area (Å²) in [6, 6.07) is 3.67. The molecule has 7 heteroatoms. The molecular weight excluding hydrogens is 306 g/mol. The molecule has 1 heterocycles. The van der Waals surface area contributed by atoms with Crippen LogP contribution in [0, 0.1) is 13.8 Å². The number of rotatable bonds is 6. The topological polar surface area (TPSA) is 71.1 Å². The van der Waals surface area contributed by atoms with E-state index in [1.165, 1.54) is 11.3 Å². The van der Waals surface area contributed by atoms with Crippen molar-refractivity contribution < 1.29 is 8.42 Å². The van der Waals surface area contributed by atoms with Crippen molar-refractivity contribution in [1.29, 1.82) is 0 Å². The Morgan fingerprint density at radius 2 is 1.90 bits per heavy atom. The van der Waals surface area contributed by atoms with E-state index in [1.54, 1.807) is 6.20 Å². The van der Waals surface area contributed by atoms with Crippen LogP contribution in [-0.2, 0) is 16.4 Å².